The third-order valence-electron chi connectivity index (χ3n) is 3.30. The standard InChI is InChI=1S/C13H26BN/c1-12(2)7-3-4-8-13(14)11-15-9-5-6-10-15/h12-13H,3-11H2,1-2H3. The quantitative estimate of drug-likeness (QED) is 0.457. The fraction of sp³-hybridized carbons (Fsp3) is 1.00. The van der Waals surface area contributed by atoms with E-state index < -0.39 is 0 Å². The lowest BCUT2D eigenvalue weighted by atomic mass is 9.82. The Labute approximate surface area is 97.0 Å². The first kappa shape index (κ1) is 13.1. The van der Waals surface area contributed by atoms with Crippen molar-refractivity contribution in [3.63, 3.8) is 0 Å². The third kappa shape index (κ3) is 6.24. The fourth-order valence-electron chi connectivity index (χ4n) is 2.35. The molecule has 0 aliphatic carbocycles. The molecule has 1 nitrogen and oxygen atoms in total. The number of likely N-dealkylation sites (tertiary alicyclic amines) is 1. The van der Waals surface area contributed by atoms with E-state index in [1.807, 2.05) is 0 Å². The average Bonchev–Trinajstić information content (AvgIpc) is 2.64. The van der Waals surface area contributed by atoms with E-state index in [0.717, 1.165) is 12.5 Å². The minimum atomic E-state index is 0.412. The number of nitrogens with zero attached hydrogens (tertiary/aromatic N) is 1. The summed E-state index contributed by atoms with van der Waals surface area (Å²) in [5, 5.41) is 0. The number of unbranched alkanes of at least 4 members (excludes halogenated alkanes) is 1. The summed E-state index contributed by atoms with van der Waals surface area (Å²) in [5.74, 6) is 1.26. The van der Waals surface area contributed by atoms with Gasteiger partial charge in [-0.2, -0.15) is 0 Å². The minimum Gasteiger partial charge on any atom is -0.304 e. The summed E-state index contributed by atoms with van der Waals surface area (Å²) in [6.45, 7) is 8.27. The normalized spacial score (nSPS) is 19.9. The van der Waals surface area contributed by atoms with Gasteiger partial charge in [-0.1, -0.05) is 45.3 Å². The molecular formula is C13H26BN. The monoisotopic (exact) mass is 207 g/mol. The van der Waals surface area contributed by atoms with Crippen molar-refractivity contribution in [3.8, 4) is 0 Å². The van der Waals surface area contributed by atoms with Gasteiger partial charge in [0, 0.05) is 0 Å². The molecule has 1 aliphatic rings. The molecule has 0 bridgehead atoms. The smallest absolute Gasteiger partial charge is 0.0716 e. The van der Waals surface area contributed by atoms with E-state index in [9.17, 15) is 0 Å². The van der Waals surface area contributed by atoms with Crippen molar-refractivity contribution >= 4 is 7.85 Å². The summed E-state index contributed by atoms with van der Waals surface area (Å²) in [5.41, 5.74) is 0. The van der Waals surface area contributed by atoms with E-state index >= 15 is 0 Å². The molecule has 1 fully saturated rings. The largest absolute Gasteiger partial charge is 0.304 e. The van der Waals surface area contributed by atoms with Gasteiger partial charge in [-0.3, -0.25) is 0 Å². The Morgan fingerprint density at radius 2 is 1.67 bits per heavy atom. The molecule has 0 aromatic carbocycles. The van der Waals surface area contributed by atoms with Crippen LogP contribution in [-0.4, -0.2) is 32.4 Å². The zero-order valence-electron chi connectivity index (χ0n) is 10.5. The van der Waals surface area contributed by atoms with Crippen LogP contribution in [0.2, 0.25) is 5.82 Å². The van der Waals surface area contributed by atoms with Crippen molar-refractivity contribution in [2.45, 2.75) is 58.2 Å². The molecule has 0 N–H and O–H groups in total. The summed E-state index contributed by atoms with van der Waals surface area (Å²) in [4.78, 5) is 2.52. The van der Waals surface area contributed by atoms with Gasteiger partial charge in [0.25, 0.3) is 0 Å². The number of hydrogen-bond acceptors (Lipinski definition) is 1. The van der Waals surface area contributed by atoms with E-state index in [0.29, 0.717) is 5.82 Å². The summed E-state index contributed by atoms with van der Waals surface area (Å²) in [6.07, 6.45) is 7.98. The van der Waals surface area contributed by atoms with Gasteiger partial charge in [0.05, 0.1) is 7.85 Å². The highest BCUT2D eigenvalue weighted by Crippen LogP contribution is 2.18. The predicted octanol–water partition coefficient (Wildman–Crippen LogP) is 3.26. The van der Waals surface area contributed by atoms with Crippen LogP contribution in [0.4, 0.5) is 0 Å². The van der Waals surface area contributed by atoms with Gasteiger partial charge in [0.15, 0.2) is 0 Å². The van der Waals surface area contributed by atoms with Crippen LogP contribution in [0.1, 0.15) is 52.4 Å². The van der Waals surface area contributed by atoms with Crippen molar-refractivity contribution in [1.29, 1.82) is 0 Å². The molecule has 0 aromatic heterocycles. The Balaban J connectivity index is 1.95. The van der Waals surface area contributed by atoms with Crippen LogP contribution < -0.4 is 0 Å². The van der Waals surface area contributed by atoms with Crippen LogP contribution in [0, 0.1) is 5.92 Å². The maximum absolute atomic E-state index is 6.13. The van der Waals surface area contributed by atoms with Crippen molar-refractivity contribution in [2.75, 3.05) is 19.6 Å². The summed E-state index contributed by atoms with van der Waals surface area (Å²) < 4.78 is 0. The second-order valence-electron chi connectivity index (χ2n) is 5.45. The Morgan fingerprint density at radius 1 is 1.07 bits per heavy atom. The van der Waals surface area contributed by atoms with E-state index in [4.69, 9.17) is 7.85 Å². The molecule has 1 rings (SSSR count). The second-order valence-corrected chi connectivity index (χ2v) is 5.45. The van der Waals surface area contributed by atoms with Gasteiger partial charge in [-0.25, -0.2) is 0 Å². The average molecular weight is 207 g/mol. The highest BCUT2D eigenvalue weighted by atomic mass is 15.1. The summed E-state index contributed by atoms with van der Waals surface area (Å²) in [7, 11) is 6.13. The Bertz CT molecular complexity index is 153. The first-order valence-electron chi connectivity index (χ1n) is 6.66. The van der Waals surface area contributed by atoms with Crippen molar-refractivity contribution in [2.24, 2.45) is 5.92 Å². The lowest BCUT2D eigenvalue weighted by Crippen LogP contribution is -2.24. The minimum absolute atomic E-state index is 0.412. The highest BCUT2D eigenvalue weighted by Gasteiger charge is 2.13. The van der Waals surface area contributed by atoms with Crippen LogP contribution in [0.3, 0.4) is 0 Å². The molecule has 0 amide bonds. The zero-order valence-corrected chi connectivity index (χ0v) is 10.5. The molecule has 86 valence electrons. The third-order valence-corrected chi connectivity index (χ3v) is 3.30. The van der Waals surface area contributed by atoms with E-state index in [1.165, 1.54) is 51.6 Å². The molecule has 2 heteroatoms. The van der Waals surface area contributed by atoms with Gasteiger partial charge in [-0.15, -0.1) is 0 Å². The van der Waals surface area contributed by atoms with Crippen LogP contribution in [0.5, 0.6) is 0 Å². The molecule has 0 spiro atoms. The molecule has 1 aliphatic heterocycles. The lowest BCUT2D eigenvalue weighted by Gasteiger charge is -2.20. The summed E-state index contributed by atoms with van der Waals surface area (Å²) >= 11 is 0. The first-order valence-corrected chi connectivity index (χ1v) is 6.66. The molecule has 1 atom stereocenters. The number of hydrogen-bond donors (Lipinski definition) is 0. The van der Waals surface area contributed by atoms with Crippen molar-refractivity contribution < 1.29 is 0 Å². The molecule has 1 heterocycles. The van der Waals surface area contributed by atoms with Gasteiger partial charge in [-0.05, 0) is 38.4 Å². The summed E-state index contributed by atoms with van der Waals surface area (Å²) in [6, 6.07) is 0. The van der Waals surface area contributed by atoms with Crippen LogP contribution in [-0.2, 0) is 0 Å². The predicted molar refractivity (Wildman–Crippen MR) is 68.5 cm³/mol. The maximum Gasteiger partial charge on any atom is 0.0716 e. The molecule has 1 saturated heterocycles. The lowest BCUT2D eigenvalue weighted by molar-refractivity contribution is 0.327. The van der Waals surface area contributed by atoms with Gasteiger partial charge in [0.2, 0.25) is 0 Å². The first-order chi connectivity index (χ1) is 7.18. The van der Waals surface area contributed by atoms with E-state index in [2.05, 4.69) is 18.7 Å². The highest BCUT2D eigenvalue weighted by molar-refractivity contribution is 6.11. The Hall–Kier alpha value is 0.0249. The molecule has 15 heavy (non-hydrogen) atoms. The molecule has 0 aromatic rings. The molecule has 1 unspecified atom stereocenters. The van der Waals surface area contributed by atoms with Gasteiger partial charge in [0.1, 0.15) is 0 Å². The molecule has 2 radical (unpaired) electrons. The van der Waals surface area contributed by atoms with E-state index in [1.54, 1.807) is 0 Å². The second kappa shape index (κ2) is 7.32. The van der Waals surface area contributed by atoms with E-state index in [-0.39, 0.29) is 0 Å². The fourth-order valence-corrected chi connectivity index (χ4v) is 2.35. The number of rotatable bonds is 7. The molecule has 0 saturated carbocycles. The topological polar surface area (TPSA) is 3.24 Å². The molecular weight excluding hydrogens is 181 g/mol. The van der Waals surface area contributed by atoms with Crippen LogP contribution >= 0.6 is 0 Å². The van der Waals surface area contributed by atoms with Crippen molar-refractivity contribution in [3.05, 3.63) is 0 Å². The van der Waals surface area contributed by atoms with Crippen molar-refractivity contribution in [1.82, 2.24) is 4.90 Å². The SMILES string of the molecule is [B]C(CCCCC(C)C)CN1CCCC1. The maximum atomic E-state index is 6.13. The Kier molecular flexibility index (Phi) is 6.39. The van der Waals surface area contributed by atoms with Crippen LogP contribution in [0.25, 0.3) is 0 Å². The Morgan fingerprint density at radius 3 is 2.27 bits per heavy atom. The van der Waals surface area contributed by atoms with Gasteiger partial charge >= 0.3 is 0 Å². The van der Waals surface area contributed by atoms with Gasteiger partial charge < -0.3 is 4.90 Å². The zero-order chi connectivity index (χ0) is 11.1. The van der Waals surface area contributed by atoms with Crippen LogP contribution in [0.15, 0.2) is 0 Å².